The Morgan fingerprint density at radius 3 is 2.41 bits per heavy atom. The zero-order valence-corrected chi connectivity index (χ0v) is 12.1. The number of aryl methyl sites for hydroxylation is 1. The molecule has 3 heteroatoms. The number of hydrogen-bond donors (Lipinski definition) is 0. The number of fused-ring (bicyclic) bond motifs is 2. The number of halogens is 1. The SMILES string of the molecule is Cc1ccc2c(c1)Sc1cc(Br)ccc1N2C. The van der Waals surface area contributed by atoms with Gasteiger partial charge in [0.25, 0.3) is 0 Å². The van der Waals surface area contributed by atoms with Gasteiger partial charge in [0.15, 0.2) is 0 Å². The molecule has 0 saturated carbocycles. The first-order valence-corrected chi connectivity index (χ1v) is 7.08. The van der Waals surface area contributed by atoms with Gasteiger partial charge in [0, 0.05) is 21.3 Å². The Kier molecular flexibility index (Phi) is 2.68. The Morgan fingerprint density at radius 1 is 1.00 bits per heavy atom. The molecule has 86 valence electrons. The van der Waals surface area contributed by atoms with E-state index in [9.17, 15) is 0 Å². The van der Waals surface area contributed by atoms with Gasteiger partial charge < -0.3 is 4.90 Å². The van der Waals surface area contributed by atoms with E-state index in [4.69, 9.17) is 0 Å². The van der Waals surface area contributed by atoms with Gasteiger partial charge >= 0.3 is 0 Å². The third-order valence-electron chi connectivity index (χ3n) is 2.98. The number of benzene rings is 2. The Bertz CT molecular complexity index is 543. The third-order valence-corrected chi connectivity index (χ3v) is 4.57. The van der Waals surface area contributed by atoms with Crippen LogP contribution in [-0.4, -0.2) is 7.05 Å². The molecule has 2 aromatic rings. The van der Waals surface area contributed by atoms with Gasteiger partial charge in [0.05, 0.1) is 11.4 Å². The Hall–Kier alpha value is -0.930. The minimum absolute atomic E-state index is 1.13. The molecule has 0 amide bonds. The van der Waals surface area contributed by atoms with E-state index < -0.39 is 0 Å². The molecule has 0 unspecified atom stereocenters. The zero-order valence-electron chi connectivity index (χ0n) is 9.70. The van der Waals surface area contributed by atoms with Crippen LogP contribution in [0.5, 0.6) is 0 Å². The zero-order chi connectivity index (χ0) is 12.0. The summed E-state index contributed by atoms with van der Waals surface area (Å²) in [6.07, 6.45) is 0. The molecule has 0 saturated heterocycles. The van der Waals surface area contributed by atoms with Crippen LogP contribution in [-0.2, 0) is 0 Å². The first-order chi connectivity index (χ1) is 8.15. The van der Waals surface area contributed by atoms with Crippen molar-refractivity contribution in [3.8, 4) is 0 Å². The highest BCUT2D eigenvalue weighted by Gasteiger charge is 2.20. The van der Waals surface area contributed by atoms with Crippen molar-refractivity contribution in [2.45, 2.75) is 16.7 Å². The lowest BCUT2D eigenvalue weighted by molar-refractivity contribution is 1.10. The van der Waals surface area contributed by atoms with E-state index in [0.717, 1.165) is 4.47 Å². The highest BCUT2D eigenvalue weighted by atomic mass is 79.9. The number of nitrogens with zero attached hydrogens (tertiary/aromatic N) is 1. The van der Waals surface area contributed by atoms with Gasteiger partial charge in [-0.3, -0.25) is 0 Å². The van der Waals surface area contributed by atoms with Crippen molar-refractivity contribution >= 4 is 39.1 Å². The summed E-state index contributed by atoms with van der Waals surface area (Å²) in [6.45, 7) is 2.14. The van der Waals surface area contributed by atoms with Crippen LogP contribution in [0.4, 0.5) is 11.4 Å². The maximum Gasteiger partial charge on any atom is 0.0551 e. The van der Waals surface area contributed by atoms with E-state index in [1.165, 1.54) is 26.7 Å². The van der Waals surface area contributed by atoms with Gasteiger partial charge in [-0.25, -0.2) is 0 Å². The fourth-order valence-electron chi connectivity index (χ4n) is 2.08. The predicted molar refractivity (Wildman–Crippen MR) is 77.5 cm³/mol. The average molecular weight is 306 g/mol. The monoisotopic (exact) mass is 305 g/mol. The van der Waals surface area contributed by atoms with Crippen molar-refractivity contribution in [3.63, 3.8) is 0 Å². The molecule has 1 nitrogen and oxygen atoms in total. The van der Waals surface area contributed by atoms with Gasteiger partial charge in [-0.15, -0.1) is 0 Å². The van der Waals surface area contributed by atoms with Crippen LogP contribution in [0.3, 0.4) is 0 Å². The highest BCUT2D eigenvalue weighted by molar-refractivity contribution is 9.10. The first-order valence-electron chi connectivity index (χ1n) is 5.47. The summed E-state index contributed by atoms with van der Waals surface area (Å²) in [6, 6.07) is 13.1. The molecule has 0 radical (unpaired) electrons. The van der Waals surface area contributed by atoms with E-state index >= 15 is 0 Å². The molecule has 3 rings (SSSR count). The van der Waals surface area contributed by atoms with Crippen LogP contribution in [0.2, 0.25) is 0 Å². The maximum absolute atomic E-state index is 3.53. The highest BCUT2D eigenvalue weighted by Crippen LogP contribution is 2.48. The number of anilines is 2. The molecule has 0 spiro atoms. The normalized spacial score (nSPS) is 13.2. The molecule has 2 aromatic carbocycles. The van der Waals surface area contributed by atoms with E-state index in [2.05, 4.69) is 71.2 Å². The quantitative estimate of drug-likeness (QED) is 0.674. The lowest BCUT2D eigenvalue weighted by Crippen LogP contribution is -2.14. The van der Waals surface area contributed by atoms with Crippen molar-refractivity contribution < 1.29 is 0 Å². The Balaban J connectivity index is 2.17. The van der Waals surface area contributed by atoms with Gasteiger partial charge in [-0.05, 0) is 42.8 Å². The van der Waals surface area contributed by atoms with Crippen molar-refractivity contribution in [1.82, 2.24) is 0 Å². The standard InChI is InChI=1S/C14H12BrNS/c1-9-3-5-11-13(7-9)17-14-8-10(15)4-6-12(14)16(11)2/h3-8H,1-2H3. The molecule has 1 heterocycles. The summed E-state index contributed by atoms with van der Waals surface area (Å²) >= 11 is 5.38. The molecule has 17 heavy (non-hydrogen) atoms. The fraction of sp³-hybridized carbons (Fsp3) is 0.143. The minimum atomic E-state index is 1.13. The second-order valence-electron chi connectivity index (χ2n) is 4.24. The lowest BCUT2D eigenvalue weighted by Gasteiger charge is -2.29. The number of rotatable bonds is 0. The summed E-state index contributed by atoms with van der Waals surface area (Å²) in [5, 5.41) is 0. The van der Waals surface area contributed by atoms with Crippen molar-refractivity contribution in [3.05, 3.63) is 46.4 Å². The molecule has 0 bridgehead atoms. The van der Waals surface area contributed by atoms with Crippen LogP contribution in [0, 0.1) is 6.92 Å². The van der Waals surface area contributed by atoms with Crippen LogP contribution in [0.1, 0.15) is 5.56 Å². The first kappa shape index (κ1) is 11.2. The van der Waals surface area contributed by atoms with Crippen molar-refractivity contribution in [1.29, 1.82) is 0 Å². The summed E-state index contributed by atoms with van der Waals surface area (Å²) in [7, 11) is 2.13. The Labute approximate surface area is 114 Å². The van der Waals surface area contributed by atoms with Crippen LogP contribution in [0.25, 0.3) is 0 Å². The summed E-state index contributed by atoms with van der Waals surface area (Å²) in [4.78, 5) is 4.89. The van der Waals surface area contributed by atoms with Crippen molar-refractivity contribution in [2.24, 2.45) is 0 Å². The van der Waals surface area contributed by atoms with Gasteiger partial charge in [0.2, 0.25) is 0 Å². The molecule has 1 aliphatic heterocycles. The lowest BCUT2D eigenvalue weighted by atomic mass is 10.2. The van der Waals surface area contributed by atoms with E-state index in [1.54, 1.807) is 0 Å². The van der Waals surface area contributed by atoms with Crippen LogP contribution in [0.15, 0.2) is 50.7 Å². The summed E-state index contributed by atoms with van der Waals surface area (Å²) < 4.78 is 1.13. The van der Waals surface area contributed by atoms with E-state index in [-0.39, 0.29) is 0 Å². The average Bonchev–Trinajstić information content (AvgIpc) is 2.28. The predicted octanol–water partition coefficient (Wildman–Crippen LogP) is 4.99. The molecule has 0 N–H and O–H groups in total. The maximum atomic E-state index is 3.53. The molecule has 0 fully saturated rings. The minimum Gasteiger partial charge on any atom is -0.343 e. The summed E-state index contributed by atoms with van der Waals surface area (Å²) in [5.41, 5.74) is 3.87. The van der Waals surface area contributed by atoms with Crippen molar-refractivity contribution in [2.75, 3.05) is 11.9 Å². The largest absolute Gasteiger partial charge is 0.343 e. The second-order valence-corrected chi connectivity index (χ2v) is 6.24. The third kappa shape index (κ3) is 1.87. The Morgan fingerprint density at radius 2 is 1.65 bits per heavy atom. The van der Waals surface area contributed by atoms with E-state index in [0.29, 0.717) is 0 Å². The second kappa shape index (κ2) is 4.07. The van der Waals surface area contributed by atoms with E-state index in [1.807, 2.05) is 11.8 Å². The number of hydrogen-bond acceptors (Lipinski definition) is 2. The van der Waals surface area contributed by atoms with Gasteiger partial charge in [-0.1, -0.05) is 33.8 Å². The van der Waals surface area contributed by atoms with Crippen LogP contribution < -0.4 is 4.90 Å². The summed E-state index contributed by atoms with van der Waals surface area (Å²) in [5.74, 6) is 0. The molecular weight excluding hydrogens is 294 g/mol. The fourth-order valence-corrected chi connectivity index (χ4v) is 3.87. The molecule has 0 aromatic heterocycles. The molecule has 1 aliphatic rings. The molecule has 0 aliphatic carbocycles. The molecule has 0 atom stereocenters. The van der Waals surface area contributed by atoms with Gasteiger partial charge in [-0.2, -0.15) is 0 Å². The molecular formula is C14H12BrNS. The smallest absolute Gasteiger partial charge is 0.0551 e. The van der Waals surface area contributed by atoms with Crippen LogP contribution >= 0.6 is 27.7 Å². The van der Waals surface area contributed by atoms with Gasteiger partial charge in [0.1, 0.15) is 0 Å². The topological polar surface area (TPSA) is 3.24 Å².